The Morgan fingerprint density at radius 3 is 2.48 bits per heavy atom. The van der Waals surface area contributed by atoms with Gasteiger partial charge >= 0.3 is 0 Å². The summed E-state index contributed by atoms with van der Waals surface area (Å²) in [4.78, 5) is 11.2. The molecule has 1 aromatic carbocycles. The van der Waals surface area contributed by atoms with Crippen LogP contribution in [0.25, 0.3) is 10.9 Å². The SMILES string of the molecule is COc1cc2ncnc(C3CCN(CCO)CC3)c2cc1OC. The molecule has 0 bridgehead atoms. The topological polar surface area (TPSA) is 67.7 Å². The summed E-state index contributed by atoms with van der Waals surface area (Å²) < 4.78 is 10.8. The molecule has 0 spiro atoms. The maximum atomic E-state index is 9.06. The predicted molar refractivity (Wildman–Crippen MR) is 88.1 cm³/mol. The summed E-state index contributed by atoms with van der Waals surface area (Å²) in [7, 11) is 3.27. The number of hydrogen-bond acceptors (Lipinski definition) is 6. The van der Waals surface area contributed by atoms with Crippen LogP contribution in [0.1, 0.15) is 24.5 Å². The lowest BCUT2D eigenvalue weighted by molar-refractivity contribution is 0.164. The summed E-state index contributed by atoms with van der Waals surface area (Å²) in [6.45, 7) is 2.95. The summed E-state index contributed by atoms with van der Waals surface area (Å²) in [5.74, 6) is 1.80. The molecule has 2 aromatic rings. The Kier molecular flexibility index (Phi) is 4.93. The zero-order chi connectivity index (χ0) is 16.2. The highest BCUT2D eigenvalue weighted by Crippen LogP contribution is 2.36. The quantitative estimate of drug-likeness (QED) is 0.907. The van der Waals surface area contributed by atoms with Crippen molar-refractivity contribution in [1.82, 2.24) is 14.9 Å². The number of likely N-dealkylation sites (tertiary alicyclic amines) is 1. The lowest BCUT2D eigenvalue weighted by Gasteiger charge is -2.31. The fourth-order valence-electron chi connectivity index (χ4n) is 3.30. The van der Waals surface area contributed by atoms with Crippen molar-refractivity contribution < 1.29 is 14.6 Å². The summed E-state index contributed by atoms with van der Waals surface area (Å²) in [5.41, 5.74) is 1.96. The van der Waals surface area contributed by atoms with Gasteiger partial charge < -0.3 is 19.5 Å². The van der Waals surface area contributed by atoms with Gasteiger partial charge in [0, 0.05) is 23.9 Å². The van der Waals surface area contributed by atoms with Gasteiger partial charge in [-0.25, -0.2) is 9.97 Å². The number of β-amino-alcohol motifs (C(OH)–C–C–N with tert-alkyl or cyclic N) is 1. The molecule has 1 aliphatic rings. The second-order valence-electron chi connectivity index (χ2n) is 5.82. The van der Waals surface area contributed by atoms with Gasteiger partial charge in [0.2, 0.25) is 0 Å². The van der Waals surface area contributed by atoms with Crippen LogP contribution in [0.15, 0.2) is 18.5 Å². The molecule has 1 fully saturated rings. The number of aliphatic hydroxyl groups excluding tert-OH is 1. The number of aliphatic hydroxyl groups is 1. The van der Waals surface area contributed by atoms with Gasteiger partial charge in [-0.05, 0) is 32.0 Å². The smallest absolute Gasteiger partial charge is 0.162 e. The van der Waals surface area contributed by atoms with E-state index in [1.807, 2.05) is 12.1 Å². The van der Waals surface area contributed by atoms with Gasteiger partial charge in [0.1, 0.15) is 6.33 Å². The molecule has 0 radical (unpaired) electrons. The number of aromatic nitrogens is 2. The second-order valence-corrected chi connectivity index (χ2v) is 5.82. The van der Waals surface area contributed by atoms with Gasteiger partial charge in [0.25, 0.3) is 0 Å². The third-order valence-electron chi connectivity index (χ3n) is 4.56. The lowest BCUT2D eigenvalue weighted by Crippen LogP contribution is -2.35. The van der Waals surface area contributed by atoms with Gasteiger partial charge in [-0.1, -0.05) is 0 Å². The van der Waals surface area contributed by atoms with Crippen LogP contribution in [-0.2, 0) is 0 Å². The van der Waals surface area contributed by atoms with Crippen LogP contribution < -0.4 is 9.47 Å². The first-order valence-electron chi connectivity index (χ1n) is 7.96. The van der Waals surface area contributed by atoms with Gasteiger partial charge in [-0.3, -0.25) is 0 Å². The highest BCUT2D eigenvalue weighted by molar-refractivity contribution is 5.85. The monoisotopic (exact) mass is 317 g/mol. The van der Waals surface area contributed by atoms with Crippen LogP contribution in [0.5, 0.6) is 11.5 Å². The molecule has 1 saturated heterocycles. The minimum atomic E-state index is 0.220. The van der Waals surface area contributed by atoms with Crippen molar-refractivity contribution in [2.75, 3.05) is 40.5 Å². The molecular formula is C17H23N3O3. The van der Waals surface area contributed by atoms with Crippen molar-refractivity contribution in [3.63, 3.8) is 0 Å². The predicted octanol–water partition coefficient (Wildman–Crippen LogP) is 1.82. The van der Waals surface area contributed by atoms with Gasteiger partial charge in [-0.15, -0.1) is 0 Å². The average molecular weight is 317 g/mol. The molecule has 23 heavy (non-hydrogen) atoms. The van der Waals surface area contributed by atoms with E-state index >= 15 is 0 Å². The number of piperidine rings is 1. The number of benzene rings is 1. The molecule has 1 aromatic heterocycles. The Balaban J connectivity index is 1.92. The molecule has 0 unspecified atom stereocenters. The third-order valence-corrected chi connectivity index (χ3v) is 4.56. The maximum absolute atomic E-state index is 9.06. The van der Waals surface area contributed by atoms with E-state index < -0.39 is 0 Å². The number of nitrogens with zero attached hydrogens (tertiary/aromatic N) is 3. The minimum Gasteiger partial charge on any atom is -0.493 e. The molecule has 1 N–H and O–H groups in total. The summed E-state index contributed by atoms with van der Waals surface area (Å²) >= 11 is 0. The molecule has 0 aliphatic carbocycles. The zero-order valence-electron chi connectivity index (χ0n) is 13.7. The summed E-state index contributed by atoms with van der Waals surface area (Å²) in [6.07, 6.45) is 3.71. The van der Waals surface area contributed by atoms with E-state index in [-0.39, 0.29) is 6.61 Å². The van der Waals surface area contributed by atoms with Crippen LogP contribution in [0.3, 0.4) is 0 Å². The molecule has 6 heteroatoms. The number of hydrogen-bond donors (Lipinski definition) is 1. The van der Waals surface area contributed by atoms with E-state index in [1.165, 1.54) is 0 Å². The molecule has 2 heterocycles. The average Bonchev–Trinajstić information content (AvgIpc) is 2.61. The number of rotatable bonds is 5. The first-order chi connectivity index (χ1) is 11.3. The first kappa shape index (κ1) is 16.0. The fourth-order valence-corrected chi connectivity index (χ4v) is 3.30. The van der Waals surface area contributed by atoms with Crippen molar-refractivity contribution in [1.29, 1.82) is 0 Å². The molecule has 3 rings (SSSR count). The highest BCUT2D eigenvalue weighted by atomic mass is 16.5. The summed E-state index contributed by atoms with van der Waals surface area (Å²) in [5, 5.41) is 10.1. The van der Waals surface area contributed by atoms with E-state index in [1.54, 1.807) is 20.5 Å². The van der Waals surface area contributed by atoms with Crippen molar-refractivity contribution in [2.24, 2.45) is 0 Å². The first-order valence-corrected chi connectivity index (χ1v) is 7.96. The standard InChI is InChI=1S/C17H23N3O3/c1-22-15-9-13-14(10-16(15)23-2)18-11-19-17(13)12-3-5-20(6-4-12)7-8-21/h9-12,21H,3-8H2,1-2H3. The zero-order valence-corrected chi connectivity index (χ0v) is 13.7. The van der Waals surface area contributed by atoms with Gasteiger partial charge in [0.05, 0.1) is 32.0 Å². The molecule has 124 valence electrons. The van der Waals surface area contributed by atoms with Crippen LogP contribution in [0.2, 0.25) is 0 Å². The Morgan fingerprint density at radius 1 is 1.13 bits per heavy atom. The van der Waals surface area contributed by atoms with Crippen LogP contribution in [0, 0.1) is 0 Å². The normalized spacial score (nSPS) is 16.7. The molecule has 0 saturated carbocycles. The third kappa shape index (κ3) is 3.23. The lowest BCUT2D eigenvalue weighted by atomic mass is 9.91. The van der Waals surface area contributed by atoms with Crippen molar-refractivity contribution >= 4 is 10.9 Å². The van der Waals surface area contributed by atoms with E-state index in [9.17, 15) is 0 Å². The van der Waals surface area contributed by atoms with E-state index in [0.29, 0.717) is 17.4 Å². The maximum Gasteiger partial charge on any atom is 0.162 e. The largest absolute Gasteiger partial charge is 0.493 e. The van der Waals surface area contributed by atoms with E-state index in [0.717, 1.165) is 49.1 Å². The minimum absolute atomic E-state index is 0.220. The molecule has 0 amide bonds. The Labute approximate surface area is 136 Å². The summed E-state index contributed by atoms with van der Waals surface area (Å²) in [6, 6.07) is 3.88. The van der Waals surface area contributed by atoms with E-state index in [2.05, 4.69) is 14.9 Å². The van der Waals surface area contributed by atoms with Crippen LogP contribution in [-0.4, -0.2) is 60.4 Å². The second kappa shape index (κ2) is 7.10. The van der Waals surface area contributed by atoms with Gasteiger partial charge in [0.15, 0.2) is 11.5 Å². The number of methoxy groups -OCH3 is 2. The van der Waals surface area contributed by atoms with E-state index in [4.69, 9.17) is 14.6 Å². The highest BCUT2D eigenvalue weighted by Gasteiger charge is 2.23. The van der Waals surface area contributed by atoms with Crippen molar-refractivity contribution in [3.05, 3.63) is 24.2 Å². The number of ether oxygens (including phenoxy) is 2. The Morgan fingerprint density at radius 2 is 1.83 bits per heavy atom. The fraction of sp³-hybridized carbons (Fsp3) is 0.529. The molecule has 1 aliphatic heterocycles. The van der Waals surface area contributed by atoms with Crippen LogP contribution in [0.4, 0.5) is 0 Å². The Bertz CT molecular complexity index is 669. The Hall–Kier alpha value is -1.92. The van der Waals surface area contributed by atoms with Gasteiger partial charge in [-0.2, -0.15) is 0 Å². The molecule has 6 nitrogen and oxygen atoms in total. The van der Waals surface area contributed by atoms with Crippen LogP contribution >= 0.6 is 0 Å². The van der Waals surface area contributed by atoms with Crippen molar-refractivity contribution in [2.45, 2.75) is 18.8 Å². The van der Waals surface area contributed by atoms with Crippen molar-refractivity contribution in [3.8, 4) is 11.5 Å². The molecular weight excluding hydrogens is 294 g/mol. The number of fused-ring (bicyclic) bond motifs is 1. The molecule has 0 atom stereocenters.